The summed E-state index contributed by atoms with van der Waals surface area (Å²) < 4.78 is 1.90. The van der Waals surface area contributed by atoms with Gasteiger partial charge in [0.1, 0.15) is 16.7 Å². The first-order valence-corrected chi connectivity index (χ1v) is 7.62. The Kier molecular flexibility index (Phi) is 3.34. The van der Waals surface area contributed by atoms with Gasteiger partial charge in [0, 0.05) is 19.0 Å². The van der Waals surface area contributed by atoms with Crippen LogP contribution in [0.15, 0.2) is 36.4 Å². The van der Waals surface area contributed by atoms with Crippen molar-refractivity contribution < 1.29 is 0 Å². The van der Waals surface area contributed by atoms with Crippen LogP contribution in [0.5, 0.6) is 0 Å². The molecule has 0 saturated carbocycles. The Bertz CT molecular complexity index is 826. The van der Waals surface area contributed by atoms with Gasteiger partial charge in [0.25, 0.3) is 0 Å². The van der Waals surface area contributed by atoms with E-state index >= 15 is 0 Å². The second-order valence-corrected chi connectivity index (χ2v) is 5.70. The molecule has 116 valence electrons. The van der Waals surface area contributed by atoms with E-state index in [2.05, 4.69) is 25.2 Å². The van der Waals surface area contributed by atoms with Gasteiger partial charge in [-0.15, -0.1) is 5.10 Å². The van der Waals surface area contributed by atoms with Crippen LogP contribution >= 0.6 is 11.6 Å². The monoisotopic (exact) mass is 327 g/mol. The first kappa shape index (κ1) is 14.0. The largest absolute Gasteiger partial charge is 0.368 e. The Hall–Kier alpha value is -2.67. The molecule has 3 heterocycles. The van der Waals surface area contributed by atoms with Gasteiger partial charge in [-0.3, -0.25) is 0 Å². The van der Waals surface area contributed by atoms with Crippen LogP contribution < -0.4 is 10.6 Å². The number of benzene rings is 1. The zero-order valence-electron chi connectivity index (χ0n) is 12.2. The average molecular weight is 328 g/mol. The van der Waals surface area contributed by atoms with E-state index in [4.69, 9.17) is 17.3 Å². The topological polar surface area (TPSA) is 85.8 Å². The molecule has 0 fully saturated rings. The maximum absolute atomic E-state index is 5.96. The first-order valence-electron chi connectivity index (χ1n) is 7.24. The van der Waals surface area contributed by atoms with Crippen molar-refractivity contribution in [2.45, 2.75) is 13.0 Å². The molecule has 0 spiro atoms. The van der Waals surface area contributed by atoms with Crippen molar-refractivity contribution in [2.24, 2.45) is 0 Å². The molecule has 0 aliphatic carbocycles. The molecule has 0 atom stereocenters. The third-order valence-electron chi connectivity index (χ3n) is 3.83. The predicted molar refractivity (Wildman–Crippen MR) is 87.6 cm³/mol. The summed E-state index contributed by atoms with van der Waals surface area (Å²) in [6.07, 6.45) is 0.818. The molecule has 8 heteroatoms. The van der Waals surface area contributed by atoms with E-state index in [0.717, 1.165) is 30.0 Å². The van der Waals surface area contributed by atoms with Crippen molar-refractivity contribution in [3.63, 3.8) is 0 Å². The number of para-hydroxylation sites is 1. The summed E-state index contributed by atoms with van der Waals surface area (Å²) in [7, 11) is 0. The summed E-state index contributed by atoms with van der Waals surface area (Å²) in [6.45, 7) is 1.41. The van der Waals surface area contributed by atoms with Gasteiger partial charge in [-0.2, -0.15) is 4.98 Å². The molecule has 2 N–H and O–H groups in total. The molecule has 4 rings (SSSR count). The van der Waals surface area contributed by atoms with Crippen LogP contribution in [0, 0.1) is 0 Å². The number of anilines is 2. The van der Waals surface area contributed by atoms with Gasteiger partial charge < -0.3 is 10.6 Å². The number of nitrogens with two attached hydrogens (primary N) is 1. The fourth-order valence-corrected chi connectivity index (χ4v) is 2.95. The molecular weight excluding hydrogens is 314 g/mol. The second kappa shape index (κ2) is 5.51. The zero-order valence-corrected chi connectivity index (χ0v) is 13.0. The summed E-state index contributed by atoms with van der Waals surface area (Å²) in [5.74, 6) is 0.883. The van der Waals surface area contributed by atoms with Gasteiger partial charge in [0.05, 0.1) is 17.9 Å². The quantitative estimate of drug-likeness (QED) is 0.723. The minimum absolute atomic E-state index is 0.172. The van der Waals surface area contributed by atoms with E-state index in [0.29, 0.717) is 17.5 Å². The van der Waals surface area contributed by atoms with Gasteiger partial charge >= 0.3 is 0 Å². The van der Waals surface area contributed by atoms with Crippen LogP contribution in [0.25, 0.3) is 5.69 Å². The Morgan fingerprint density at radius 3 is 2.74 bits per heavy atom. The van der Waals surface area contributed by atoms with E-state index in [-0.39, 0.29) is 5.95 Å². The standard InChI is InChI=1S/C15H14ClN7/c16-13-8-14(19-15(17)18-13)22-7-6-12-11(9-22)20-21-23(12)10-4-2-1-3-5-10/h1-5,8H,6-7,9H2,(H2,17,18,19). The molecule has 1 aliphatic heterocycles. The average Bonchev–Trinajstić information content (AvgIpc) is 2.98. The van der Waals surface area contributed by atoms with E-state index in [1.54, 1.807) is 6.07 Å². The van der Waals surface area contributed by atoms with Crippen LogP contribution in [0.2, 0.25) is 5.15 Å². The minimum Gasteiger partial charge on any atom is -0.368 e. The van der Waals surface area contributed by atoms with Gasteiger partial charge in [0.15, 0.2) is 0 Å². The van der Waals surface area contributed by atoms with E-state index < -0.39 is 0 Å². The Labute approximate surface area is 137 Å². The lowest BCUT2D eigenvalue weighted by Crippen LogP contribution is -2.32. The summed E-state index contributed by atoms with van der Waals surface area (Å²) in [4.78, 5) is 10.2. The maximum Gasteiger partial charge on any atom is 0.223 e. The number of hydrogen-bond donors (Lipinski definition) is 1. The molecule has 2 aromatic heterocycles. The third-order valence-corrected chi connectivity index (χ3v) is 4.02. The predicted octanol–water partition coefficient (Wildman–Crippen LogP) is 1.86. The number of fused-ring (bicyclic) bond motifs is 1. The van der Waals surface area contributed by atoms with Gasteiger partial charge in [-0.1, -0.05) is 35.0 Å². The number of hydrogen-bond acceptors (Lipinski definition) is 6. The highest BCUT2D eigenvalue weighted by molar-refractivity contribution is 6.29. The SMILES string of the molecule is Nc1nc(Cl)cc(N2CCc3c(nnn3-c3ccccc3)C2)n1. The van der Waals surface area contributed by atoms with Crippen molar-refractivity contribution >= 4 is 23.4 Å². The Balaban J connectivity index is 1.65. The Morgan fingerprint density at radius 1 is 1.13 bits per heavy atom. The van der Waals surface area contributed by atoms with Crippen molar-refractivity contribution in [3.05, 3.63) is 52.9 Å². The van der Waals surface area contributed by atoms with Crippen molar-refractivity contribution in [2.75, 3.05) is 17.2 Å². The van der Waals surface area contributed by atoms with Gasteiger partial charge in [-0.25, -0.2) is 9.67 Å². The molecule has 0 radical (unpaired) electrons. The molecule has 3 aromatic rings. The lowest BCUT2D eigenvalue weighted by Gasteiger charge is -2.27. The zero-order chi connectivity index (χ0) is 15.8. The van der Waals surface area contributed by atoms with Crippen molar-refractivity contribution in [1.29, 1.82) is 0 Å². The lowest BCUT2D eigenvalue weighted by molar-refractivity contribution is 0.685. The molecule has 0 bridgehead atoms. The summed E-state index contributed by atoms with van der Waals surface area (Å²) in [5.41, 5.74) is 8.76. The minimum atomic E-state index is 0.172. The van der Waals surface area contributed by atoms with Crippen LogP contribution in [-0.4, -0.2) is 31.5 Å². The summed E-state index contributed by atoms with van der Waals surface area (Å²) >= 11 is 5.96. The molecule has 1 aliphatic rings. The van der Waals surface area contributed by atoms with Crippen molar-refractivity contribution in [1.82, 2.24) is 25.0 Å². The number of nitrogen functional groups attached to an aromatic ring is 1. The third kappa shape index (κ3) is 2.59. The summed E-state index contributed by atoms with van der Waals surface area (Å²) in [5, 5.41) is 8.94. The summed E-state index contributed by atoms with van der Waals surface area (Å²) in [6, 6.07) is 11.7. The van der Waals surface area contributed by atoms with E-state index in [1.807, 2.05) is 35.0 Å². The number of rotatable bonds is 2. The highest BCUT2D eigenvalue weighted by atomic mass is 35.5. The van der Waals surface area contributed by atoms with Gasteiger partial charge in [0.2, 0.25) is 5.95 Å². The van der Waals surface area contributed by atoms with E-state index in [9.17, 15) is 0 Å². The molecular formula is C15H14ClN7. The number of halogens is 1. The molecule has 7 nitrogen and oxygen atoms in total. The maximum atomic E-state index is 5.96. The fraction of sp³-hybridized carbons (Fsp3) is 0.200. The molecule has 1 aromatic carbocycles. The van der Waals surface area contributed by atoms with Crippen LogP contribution in [0.3, 0.4) is 0 Å². The first-order chi connectivity index (χ1) is 11.2. The number of nitrogens with zero attached hydrogens (tertiary/aromatic N) is 6. The second-order valence-electron chi connectivity index (χ2n) is 5.31. The van der Waals surface area contributed by atoms with Crippen LogP contribution in [0.1, 0.15) is 11.4 Å². The van der Waals surface area contributed by atoms with Crippen LogP contribution in [-0.2, 0) is 13.0 Å². The van der Waals surface area contributed by atoms with Crippen LogP contribution in [0.4, 0.5) is 11.8 Å². The highest BCUT2D eigenvalue weighted by Gasteiger charge is 2.24. The molecule has 0 unspecified atom stereocenters. The smallest absolute Gasteiger partial charge is 0.223 e. The van der Waals surface area contributed by atoms with E-state index in [1.165, 1.54) is 0 Å². The lowest BCUT2D eigenvalue weighted by atomic mass is 10.1. The van der Waals surface area contributed by atoms with Crippen molar-refractivity contribution in [3.8, 4) is 5.69 Å². The Morgan fingerprint density at radius 2 is 1.96 bits per heavy atom. The normalized spacial score (nSPS) is 13.9. The molecule has 23 heavy (non-hydrogen) atoms. The molecule has 0 saturated heterocycles. The number of aromatic nitrogens is 5. The molecule has 0 amide bonds. The highest BCUT2D eigenvalue weighted by Crippen LogP contribution is 2.25. The van der Waals surface area contributed by atoms with Gasteiger partial charge in [-0.05, 0) is 12.1 Å². The fourth-order valence-electron chi connectivity index (χ4n) is 2.76.